The molecular formula is C31H37N5O4. The normalized spacial score (nSPS) is 16.8. The summed E-state index contributed by atoms with van der Waals surface area (Å²) in [6.07, 6.45) is 4.67. The van der Waals surface area contributed by atoms with Crippen molar-refractivity contribution < 1.29 is 19.5 Å². The molecule has 210 valence electrons. The number of likely N-dealkylation sites (tertiary alicyclic amines) is 1. The van der Waals surface area contributed by atoms with Crippen molar-refractivity contribution in [3.05, 3.63) is 65.0 Å². The Labute approximate surface area is 234 Å². The first-order valence-electron chi connectivity index (χ1n) is 13.9. The van der Waals surface area contributed by atoms with Crippen molar-refractivity contribution in [1.82, 2.24) is 19.7 Å². The van der Waals surface area contributed by atoms with Crippen LogP contribution in [0.5, 0.6) is 0 Å². The number of Topliss-reactive ketones (excluding diaryl/α,β-unsaturated/α-hetero) is 1. The molecule has 0 atom stereocenters. The number of piperidine rings is 1. The number of amides is 1. The number of carboxylic acids is 1. The highest BCUT2D eigenvalue weighted by molar-refractivity contribution is 6.00. The molecule has 2 aliphatic rings. The van der Waals surface area contributed by atoms with E-state index in [2.05, 4.69) is 31.2 Å². The standard InChI is InChI=1S/C31H37N5O4/c1-19(2)33-27-23(10-11-24(34-27)20-6-8-21(9-7-20)29(39)40)28(38)35-14-12-31(13-15-35)16-22-18-32-36(30(3,4)5)26(22)25(37)17-31/h6-11,18-19H,12-17H2,1-5H3,(H,33,34)(H,39,40). The first-order chi connectivity index (χ1) is 18.9. The lowest BCUT2D eigenvalue weighted by Crippen LogP contribution is -2.46. The molecule has 2 N–H and O–H groups in total. The van der Waals surface area contributed by atoms with Crippen LogP contribution in [-0.4, -0.2) is 61.6 Å². The Bertz CT molecular complexity index is 1460. The van der Waals surface area contributed by atoms with Crippen LogP contribution < -0.4 is 5.32 Å². The lowest BCUT2D eigenvalue weighted by atomic mass is 9.67. The Kier molecular flexibility index (Phi) is 7.02. The molecule has 1 aliphatic heterocycles. The van der Waals surface area contributed by atoms with Crippen LogP contribution in [0.4, 0.5) is 5.82 Å². The predicted molar refractivity (Wildman–Crippen MR) is 153 cm³/mol. The van der Waals surface area contributed by atoms with Crippen molar-refractivity contribution >= 4 is 23.5 Å². The molecule has 3 heterocycles. The summed E-state index contributed by atoms with van der Waals surface area (Å²) < 4.78 is 1.86. The Balaban J connectivity index is 1.34. The maximum Gasteiger partial charge on any atom is 0.335 e. The molecule has 0 saturated carbocycles. The zero-order valence-electron chi connectivity index (χ0n) is 23.8. The minimum absolute atomic E-state index is 0.0600. The third-order valence-electron chi connectivity index (χ3n) is 7.94. The lowest BCUT2D eigenvalue weighted by molar-refractivity contribution is 0.0515. The van der Waals surface area contributed by atoms with Crippen molar-refractivity contribution in [2.24, 2.45) is 5.41 Å². The summed E-state index contributed by atoms with van der Waals surface area (Å²) in [6, 6.07) is 10.2. The van der Waals surface area contributed by atoms with Gasteiger partial charge in [0.15, 0.2) is 5.78 Å². The first kappa shape index (κ1) is 27.6. The third-order valence-corrected chi connectivity index (χ3v) is 7.94. The van der Waals surface area contributed by atoms with E-state index in [4.69, 9.17) is 4.98 Å². The SMILES string of the molecule is CC(C)Nc1nc(-c2ccc(C(=O)O)cc2)ccc1C(=O)N1CCC2(CC1)CC(=O)c1c(cnn1C(C)(C)C)C2. The number of carboxylic acid groups (broad SMARTS) is 1. The molecule has 1 amide bonds. The fourth-order valence-corrected chi connectivity index (χ4v) is 5.88. The largest absolute Gasteiger partial charge is 0.478 e. The molecule has 9 nitrogen and oxygen atoms in total. The number of aromatic carboxylic acids is 1. The number of anilines is 1. The monoisotopic (exact) mass is 543 g/mol. The summed E-state index contributed by atoms with van der Waals surface area (Å²) in [7, 11) is 0. The van der Waals surface area contributed by atoms with Crippen LogP contribution in [-0.2, 0) is 12.0 Å². The zero-order valence-corrected chi connectivity index (χ0v) is 23.8. The highest BCUT2D eigenvalue weighted by atomic mass is 16.4. The third kappa shape index (κ3) is 5.24. The van der Waals surface area contributed by atoms with Crippen molar-refractivity contribution in [3.63, 3.8) is 0 Å². The molecule has 1 saturated heterocycles. The molecule has 1 fully saturated rings. The van der Waals surface area contributed by atoms with Crippen molar-refractivity contribution in [2.45, 2.75) is 71.9 Å². The number of carbonyl (C=O) groups excluding carboxylic acids is 2. The summed E-state index contributed by atoms with van der Waals surface area (Å²) in [5.74, 6) is -0.411. The summed E-state index contributed by atoms with van der Waals surface area (Å²) in [5.41, 5.74) is 3.50. The smallest absolute Gasteiger partial charge is 0.335 e. The van der Waals surface area contributed by atoms with Gasteiger partial charge >= 0.3 is 5.97 Å². The van der Waals surface area contributed by atoms with E-state index in [0.29, 0.717) is 36.6 Å². The number of rotatable bonds is 5. The minimum Gasteiger partial charge on any atom is -0.478 e. The van der Waals surface area contributed by atoms with E-state index in [1.807, 2.05) is 29.6 Å². The van der Waals surface area contributed by atoms with Gasteiger partial charge in [0.1, 0.15) is 11.5 Å². The van der Waals surface area contributed by atoms with E-state index in [9.17, 15) is 19.5 Å². The second kappa shape index (κ2) is 10.2. The molecule has 1 spiro atoms. The van der Waals surface area contributed by atoms with Crippen LogP contribution >= 0.6 is 0 Å². The Morgan fingerprint density at radius 3 is 2.30 bits per heavy atom. The molecule has 2 aromatic heterocycles. The van der Waals surface area contributed by atoms with Gasteiger partial charge in [0.25, 0.3) is 5.91 Å². The number of hydrogen-bond acceptors (Lipinski definition) is 6. The van der Waals surface area contributed by atoms with Gasteiger partial charge in [-0.2, -0.15) is 5.10 Å². The van der Waals surface area contributed by atoms with Crippen molar-refractivity contribution in [1.29, 1.82) is 0 Å². The van der Waals surface area contributed by atoms with Crippen LogP contribution in [0.1, 0.15) is 90.6 Å². The van der Waals surface area contributed by atoms with Gasteiger partial charge in [-0.1, -0.05) is 12.1 Å². The summed E-state index contributed by atoms with van der Waals surface area (Å²) >= 11 is 0. The van der Waals surface area contributed by atoms with E-state index < -0.39 is 5.97 Å². The van der Waals surface area contributed by atoms with Crippen LogP contribution in [0.25, 0.3) is 11.3 Å². The Hall–Kier alpha value is -4.01. The maximum absolute atomic E-state index is 13.7. The number of nitrogens with one attached hydrogen (secondary N) is 1. The van der Waals surface area contributed by atoms with Gasteiger partial charge in [-0.25, -0.2) is 9.78 Å². The van der Waals surface area contributed by atoms with Crippen LogP contribution in [0, 0.1) is 5.41 Å². The predicted octanol–water partition coefficient (Wildman–Crippen LogP) is 5.27. The van der Waals surface area contributed by atoms with Crippen LogP contribution in [0.2, 0.25) is 0 Å². The van der Waals surface area contributed by atoms with Gasteiger partial charge in [0, 0.05) is 36.7 Å². The second-order valence-electron chi connectivity index (χ2n) is 12.4. The molecule has 0 bridgehead atoms. The van der Waals surface area contributed by atoms with Crippen LogP contribution in [0.15, 0.2) is 42.6 Å². The summed E-state index contributed by atoms with van der Waals surface area (Å²) in [5, 5.41) is 17.1. The number of nitrogens with zero attached hydrogens (tertiary/aromatic N) is 4. The molecule has 1 aliphatic carbocycles. The number of fused-ring (bicyclic) bond motifs is 1. The number of hydrogen-bond donors (Lipinski definition) is 2. The summed E-state index contributed by atoms with van der Waals surface area (Å²) in [6.45, 7) is 11.3. The Morgan fingerprint density at radius 2 is 1.70 bits per heavy atom. The van der Waals surface area contributed by atoms with Gasteiger partial charge in [0.2, 0.25) is 0 Å². The second-order valence-corrected chi connectivity index (χ2v) is 12.4. The topological polar surface area (TPSA) is 117 Å². The molecule has 40 heavy (non-hydrogen) atoms. The zero-order chi connectivity index (χ0) is 28.8. The molecule has 5 rings (SSSR count). The fourth-order valence-electron chi connectivity index (χ4n) is 5.88. The van der Waals surface area contributed by atoms with Crippen LogP contribution in [0.3, 0.4) is 0 Å². The van der Waals surface area contributed by atoms with E-state index >= 15 is 0 Å². The van der Waals surface area contributed by atoms with E-state index in [1.54, 1.807) is 36.4 Å². The van der Waals surface area contributed by atoms with E-state index in [0.717, 1.165) is 36.1 Å². The van der Waals surface area contributed by atoms with Crippen molar-refractivity contribution in [2.75, 3.05) is 18.4 Å². The fraction of sp³-hybridized carbons (Fsp3) is 0.452. The van der Waals surface area contributed by atoms with E-state index in [1.165, 1.54) is 0 Å². The van der Waals surface area contributed by atoms with Crippen molar-refractivity contribution in [3.8, 4) is 11.3 Å². The molecule has 1 aromatic carbocycles. The number of aromatic nitrogens is 3. The van der Waals surface area contributed by atoms with E-state index in [-0.39, 0.29) is 34.2 Å². The number of carbonyl (C=O) groups is 3. The lowest BCUT2D eigenvalue weighted by Gasteiger charge is -2.43. The van der Waals surface area contributed by atoms with Gasteiger partial charge in [0.05, 0.1) is 28.6 Å². The average Bonchev–Trinajstić information content (AvgIpc) is 3.33. The molecular weight excluding hydrogens is 506 g/mol. The molecule has 0 radical (unpaired) electrons. The highest BCUT2D eigenvalue weighted by Gasteiger charge is 2.44. The quantitative estimate of drug-likeness (QED) is 0.450. The van der Waals surface area contributed by atoms with Gasteiger partial charge < -0.3 is 15.3 Å². The van der Waals surface area contributed by atoms with Gasteiger partial charge in [-0.15, -0.1) is 0 Å². The first-order valence-corrected chi connectivity index (χ1v) is 13.9. The molecule has 0 unspecified atom stereocenters. The number of ketones is 1. The average molecular weight is 544 g/mol. The van der Waals surface area contributed by atoms with Gasteiger partial charge in [-0.05, 0) is 83.6 Å². The molecule has 3 aromatic rings. The van der Waals surface area contributed by atoms with Gasteiger partial charge in [-0.3, -0.25) is 14.3 Å². The summed E-state index contributed by atoms with van der Waals surface area (Å²) in [4.78, 5) is 44.8. The highest BCUT2D eigenvalue weighted by Crippen LogP contribution is 2.44. The number of pyridine rings is 1. The molecule has 9 heteroatoms. The Morgan fingerprint density at radius 1 is 1.02 bits per heavy atom. The minimum atomic E-state index is -0.982. The maximum atomic E-state index is 13.7. The number of benzene rings is 1.